The number of hydrogen-bond acceptors (Lipinski definition) is 3. The van der Waals surface area contributed by atoms with E-state index in [1.54, 1.807) is 49.2 Å². The van der Waals surface area contributed by atoms with Gasteiger partial charge >= 0.3 is 6.03 Å². The lowest BCUT2D eigenvalue weighted by molar-refractivity contribution is 0.184. The Balaban J connectivity index is 1.75. The number of carbonyl (C=O) groups is 1. The quantitative estimate of drug-likeness (QED) is 0.491. The van der Waals surface area contributed by atoms with Crippen LogP contribution >= 0.6 is 0 Å². The van der Waals surface area contributed by atoms with E-state index in [0.29, 0.717) is 16.7 Å². The Morgan fingerprint density at radius 1 is 1.03 bits per heavy atom. The van der Waals surface area contributed by atoms with Crippen LogP contribution in [0, 0.1) is 5.82 Å². The van der Waals surface area contributed by atoms with Gasteiger partial charge in [0.15, 0.2) is 0 Å². The van der Waals surface area contributed by atoms with Gasteiger partial charge in [0.25, 0.3) is 5.56 Å². The highest BCUT2D eigenvalue weighted by Crippen LogP contribution is 2.24. The summed E-state index contributed by atoms with van der Waals surface area (Å²) in [4.78, 5) is 32.4. The van der Waals surface area contributed by atoms with E-state index in [9.17, 15) is 14.0 Å². The zero-order valence-electron chi connectivity index (χ0n) is 17.8. The molecule has 162 valence electrons. The summed E-state index contributed by atoms with van der Waals surface area (Å²) in [6.07, 6.45) is 0. The molecule has 0 saturated carbocycles. The van der Waals surface area contributed by atoms with Crippen LogP contribution in [0.5, 0.6) is 0 Å². The highest BCUT2D eigenvalue weighted by atomic mass is 19.1. The normalized spacial score (nSPS) is 11.8. The molecular weight excluding hydrogens is 407 g/mol. The van der Waals surface area contributed by atoms with Gasteiger partial charge in [0.2, 0.25) is 0 Å². The molecule has 4 rings (SSSR count). The van der Waals surface area contributed by atoms with Crippen LogP contribution in [0.4, 0.5) is 14.9 Å². The predicted molar refractivity (Wildman–Crippen MR) is 123 cm³/mol. The summed E-state index contributed by atoms with van der Waals surface area (Å²) in [6.45, 7) is 2.06. The molecule has 0 spiro atoms. The zero-order chi connectivity index (χ0) is 22.7. The fourth-order valence-corrected chi connectivity index (χ4v) is 3.66. The molecule has 1 atom stereocenters. The Bertz CT molecular complexity index is 1320. The van der Waals surface area contributed by atoms with Crippen LogP contribution in [0.2, 0.25) is 0 Å². The van der Waals surface area contributed by atoms with Crippen LogP contribution in [0.15, 0.2) is 83.7 Å². The summed E-state index contributed by atoms with van der Waals surface area (Å²) in [7, 11) is 1.64. The lowest BCUT2D eigenvalue weighted by Crippen LogP contribution is -2.39. The molecule has 0 aliphatic heterocycles. The maximum absolute atomic E-state index is 14.2. The first kappa shape index (κ1) is 21.2. The number of fused-ring (bicyclic) bond motifs is 1. The first-order valence-corrected chi connectivity index (χ1v) is 10.3. The number of hydrogen-bond donors (Lipinski definition) is 1. The van der Waals surface area contributed by atoms with Crippen molar-refractivity contribution in [3.63, 3.8) is 0 Å². The fourth-order valence-electron chi connectivity index (χ4n) is 3.66. The molecule has 2 amide bonds. The highest BCUT2D eigenvalue weighted by Gasteiger charge is 2.26. The Kier molecular flexibility index (Phi) is 5.98. The molecule has 1 unspecified atom stereocenters. The van der Waals surface area contributed by atoms with Crippen LogP contribution in [0.1, 0.15) is 24.4 Å². The third-order valence-corrected chi connectivity index (χ3v) is 5.43. The fraction of sp³-hybridized carbons (Fsp3) is 0.160. The summed E-state index contributed by atoms with van der Waals surface area (Å²) in [5.41, 5.74) is 1.36. The molecule has 1 heterocycles. The van der Waals surface area contributed by atoms with Gasteiger partial charge in [-0.1, -0.05) is 54.6 Å². The first-order valence-electron chi connectivity index (χ1n) is 10.3. The minimum Gasteiger partial charge on any atom is -0.310 e. The second-order valence-electron chi connectivity index (χ2n) is 7.55. The van der Waals surface area contributed by atoms with E-state index in [2.05, 4.69) is 10.3 Å². The van der Waals surface area contributed by atoms with Gasteiger partial charge in [-0.2, -0.15) is 0 Å². The van der Waals surface area contributed by atoms with Gasteiger partial charge in [-0.05, 0) is 36.8 Å². The van der Waals surface area contributed by atoms with Crippen molar-refractivity contribution in [3.8, 4) is 0 Å². The molecule has 6 nitrogen and oxygen atoms in total. The number of anilines is 1. The SMILES string of the molecule is CC(c1nc2ccccc2c(=O)n1C)N(Cc1ccccc1)C(=O)Nc1ccccc1F. The van der Waals surface area contributed by atoms with E-state index < -0.39 is 17.9 Å². The largest absolute Gasteiger partial charge is 0.322 e. The molecule has 4 aromatic rings. The third-order valence-electron chi connectivity index (χ3n) is 5.43. The molecule has 0 radical (unpaired) electrons. The first-order chi connectivity index (χ1) is 15.5. The predicted octanol–water partition coefficient (Wildman–Crippen LogP) is 4.87. The lowest BCUT2D eigenvalue weighted by Gasteiger charge is -2.30. The summed E-state index contributed by atoms with van der Waals surface area (Å²) in [6, 6.07) is 21.5. The second kappa shape index (κ2) is 9.01. The molecule has 0 aliphatic carbocycles. The van der Waals surface area contributed by atoms with Gasteiger partial charge in [0.1, 0.15) is 11.6 Å². The number of aromatic nitrogens is 2. The van der Waals surface area contributed by atoms with Crippen molar-refractivity contribution >= 4 is 22.6 Å². The Hall–Kier alpha value is -4.00. The summed E-state index contributed by atoms with van der Waals surface area (Å²) in [5.74, 6) is -0.0855. The van der Waals surface area contributed by atoms with Crippen molar-refractivity contribution in [3.05, 3.63) is 106 Å². The third kappa shape index (κ3) is 4.23. The molecule has 0 saturated heterocycles. The van der Waals surface area contributed by atoms with Crippen LogP contribution in [0.3, 0.4) is 0 Å². The zero-order valence-corrected chi connectivity index (χ0v) is 17.8. The number of benzene rings is 3. The Morgan fingerprint density at radius 2 is 1.69 bits per heavy atom. The topological polar surface area (TPSA) is 67.2 Å². The van der Waals surface area contributed by atoms with E-state index in [0.717, 1.165) is 5.56 Å². The molecule has 32 heavy (non-hydrogen) atoms. The monoisotopic (exact) mass is 430 g/mol. The number of nitrogens with one attached hydrogen (secondary N) is 1. The molecule has 7 heteroatoms. The highest BCUT2D eigenvalue weighted by molar-refractivity contribution is 5.89. The molecule has 0 fully saturated rings. The maximum atomic E-state index is 14.2. The van der Waals surface area contributed by atoms with Crippen LogP contribution in [-0.2, 0) is 13.6 Å². The van der Waals surface area contributed by atoms with Crippen molar-refractivity contribution in [1.82, 2.24) is 14.5 Å². The lowest BCUT2D eigenvalue weighted by atomic mass is 10.1. The number of amides is 2. The van der Waals surface area contributed by atoms with E-state index in [-0.39, 0.29) is 17.8 Å². The molecule has 0 bridgehead atoms. The van der Waals surface area contributed by atoms with Gasteiger partial charge in [-0.3, -0.25) is 9.36 Å². The number of para-hydroxylation sites is 2. The van der Waals surface area contributed by atoms with E-state index in [1.165, 1.54) is 16.7 Å². The standard InChI is InChI=1S/C25H23FN4O2/c1-17(23-27-21-14-8-6-12-19(21)24(31)29(23)2)30(16-18-10-4-3-5-11-18)25(32)28-22-15-9-7-13-20(22)26/h3-15,17H,16H2,1-2H3,(H,28,32). The van der Waals surface area contributed by atoms with Crippen molar-refractivity contribution in [1.29, 1.82) is 0 Å². The number of nitrogens with zero attached hydrogens (tertiary/aromatic N) is 3. The minimum atomic E-state index is -0.565. The van der Waals surface area contributed by atoms with Gasteiger partial charge in [-0.15, -0.1) is 0 Å². The molecule has 1 N–H and O–H groups in total. The van der Waals surface area contributed by atoms with Gasteiger partial charge in [-0.25, -0.2) is 14.2 Å². The van der Waals surface area contributed by atoms with Crippen molar-refractivity contribution < 1.29 is 9.18 Å². The second-order valence-corrected chi connectivity index (χ2v) is 7.55. The summed E-state index contributed by atoms with van der Waals surface area (Å²) >= 11 is 0. The average Bonchev–Trinajstić information content (AvgIpc) is 2.81. The molecule has 0 aliphatic rings. The van der Waals surface area contributed by atoms with Crippen LogP contribution in [-0.4, -0.2) is 20.5 Å². The van der Waals surface area contributed by atoms with Crippen LogP contribution < -0.4 is 10.9 Å². The Morgan fingerprint density at radius 3 is 2.44 bits per heavy atom. The van der Waals surface area contributed by atoms with Crippen molar-refractivity contribution in [2.45, 2.75) is 19.5 Å². The number of urea groups is 1. The smallest absolute Gasteiger partial charge is 0.310 e. The van der Waals surface area contributed by atoms with Crippen molar-refractivity contribution in [2.75, 3.05) is 5.32 Å². The van der Waals surface area contributed by atoms with Gasteiger partial charge in [0.05, 0.1) is 22.6 Å². The molecular formula is C25H23FN4O2. The summed E-state index contributed by atoms with van der Waals surface area (Å²) < 4.78 is 15.6. The van der Waals surface area contributed by atoms with E-state index >= 15 is 0 Å². The van der Waals surface area contributed by atoms with Crippen molar-refractivity contribution in [2.24, 2.45) is 7.05 Å². The maximum Gasteiger partial charge on any atom is 0.322 e. The minimum absolute atomic E-state index is 0.0862. The molecule has 3 aromatic carbocycles. The summed E-state index contributed by atoms with van der Waals surface area (Å²) in [5, 5.41) is 3.16. The van der Waals surface area contributed by atoms with Gasteiger partial charge in [0, 0.05) is 13.6 Å². The van der Waals surface area contributed by atoms with Crippen LogP contribution in [0.25, 0.3) is 10.9 Å². The van der Waals surface area contributed by atoms with E-state index in [1.807, 2.05) is 36.4 Å². The average molecular weight is 430 g/mol. The van der Waals surface area contributed by atoms with E-state index in [4.69, 9.17) is 0 Å². The number of carbonyl (C=O) groups excluding carboxylic acids is 1. The number of halogens is 1. The number of rotatable bonds is 5. The molecule has 1 aromatic heterocycles. The Labute approximate surface area is 184 Å². The van der Waals surface area contributed by atoms with Gasteiger partial charge < -0.3 is 10.2 Å².